The SMILES string of the molecule is O=C(c1ccc(S(=O)(=O)N2CCCC2)cc1)N1CCCC(Oc2ncc(F)cn2)C1. The highest BCUT2D eigenvalue weighted by molar-refractivity contribution is 7.89. The molecule has 8 nitrogen and oxygen atoms in total. The second-order valence-corrected chi connectivity index (χ2v) is 9.39. The lowest BCUT2D eigenvalue weighted by atomic mass is 10.1. The maximum atomic E-state index is 12.9. The van der Waals surface area contributed by atoms with Crippen LogP contribution in [0, 0.1) is 5.82 Å². The number of aromatic nitrogens is 2. The monoisotopic (exact) mass is 434 g/mol. The molecule has 2 fully saturated rings. The van der Waals surface area contributed by atoms with Crippen LogP contribution in [0.5, 0.6) is 6.01 Å². The third-order valence-electron chi connectivity index (χ3n) is 5.34. The second kappa shape index (κ2) is 8.65. The number of ether oxygens (including phenoxy) is 1. The fraction of sp³-hybridized carbons (Fsp3) is 0.450. The number of amides is 1. The van der Waals surface area contributed by atoms with Crippen LogP contribution in [0.15, 0.2) is 41.6 Å². The van der Waals surface area contributed by atoms with E-state index in [2.05, 4.69) is 9.97 Å². The smallest absolute Gasteiger partial charge is 0.316 e. The summed E-state index contributed by atoms with van der Waals surface area (Å²) in [6.07, 6.45) is 5.00. The predicted octanol–water partition coefficient (Wildman–Crippen LogP) is 2.08. The molecule has 0 radical (unpaired) electrons. The molecule has 2 saturated heterocycles. The Bertz CT molecular complexity index is 992. The van der Waals surface area contributed by atoms with Gasteiger partial charge in [0.1, 0.15) is 6.10 Å². The van der Waals surface area contributed by atoms with E-state index < -0.39 is 15.8 Å². The Hall–Kier alpha value is -2.59. The van der Waals surface area contributed by atoms with Gasteiger partial charge in [-0.05, 0) is 49.9 Å². The predicted molar refractivity (Wildman–Crippen MR) is 106 cm³/mol. The molecule has 0 spiro atoms. The van der Waals surface area contributed by atoms with Crippen molar-refractivity contribution in [3.8, 4) is 6.01 Å². The van der Waals surface area contributed by atoms with Gasteiger partial charge in [0.15, 0.2) is 5.82 Å². The number of likely N-dealkylation sites (tertiary alicyclic amines) is 1. The normalized spacial score (nSPS) is 20.3. The molecule has 0 N–H and O–H groups in total. The zero-order chi connectivity index (χ0) is 21.1. The van der Waals surface area contributed by atoms with Crippen molar-refractivity contribution in [1.29, 1.82) is 0 Å². The number of sulfonamides is 1. The average molecular weight is 434 g/mol. The molecule has 1 amide bonds. The highest BCUT2D eigenvalue weighted by atomic mass is 32.2. The summed E-state index contributed by atoms with van der Waals surface area (Å²) in [5.41, 5.74) is 0.425. The molecule has 1 aromatic carbocycles. The van der Waals surface area contributed by atoms with Crippen molar-refractivity contribution in [1.82, 2.24) is 19.2 Å². The maximum Gasteiger partial charge on any atom is 0.316 e. The van der Waals surface area contributed by atoms with Crippen molar-refractivity contribution in [2.24, 2.45) is 0 Å². The summed E-state index contributed by atoms with van der Waals surface area (Å²) in [6, 6.07) is 6.17. The number of halogens is 1. The van der Waals surface area contributed by atoms with Gasteiger partial charge in [0.25, 0.3) is 5.91 Å². The number of nitrogens with zero attached hydrogens (tertiary/aromatic N) is 4. The van der Waals surface area contributed by atoms with Gasteiger partial charge in [-0.25, -0.2) is 22.8 Å². The molecule has 2 aliphatic heterocycles. The second-order valence-electron chi connectivity index (χ2n) is 7.45. The van der Waals surface area contributed by atoms with E-state index >= 15 is 0 Å². The van der Waals surface area contributed by atoms with E-state index in [0.717, 1.165) is 38.1 Å². The number of piperidine rings is 1. The molecule has 1 atom stereocenters. The van der Waals surface area contributed by atoms with Crippen molar-refractivity contribution >= 4 is 15.9 Å². The molecule has 30 heavy (non-hydrogen) atoms. The first-order valence-electron chi connectivity index (χ1n) is 9.97. The molecule has 10 heteroatoms. The van der Waals surface area contributed by atoms with Crippen LogP contribution in [0.25, 0.3) is 0 Å². The number of hydrogen-bond donors (Lipinski definition) is 0. The summed E-state index contributed by atoms with van der Waals surface area (Å²) in [5, 5.41) is 0. The van der Waals surface area contributed by atoms with E-state index in [1.54, 1.807) is 17.0 Å². The lowest BCUT2D eigenvalue weighted by Gasteiger charge is -2.32. The molecule has 3 heterocycles. The molecule has 4 rings (SSSR count). The quantitative estimate of drug-likeness (QED) is 0.716. The van der Waals surface area contributed by atoms with Gasteiger partial charge in [-0.1, -0.05) is 0 Å². The fourth-order valence-electron chi connectivity index (χ4n) is 3.76. The van der Waals surface area contributed by atoms with E-state index in [-0.39, 0.29) is 22.9 Å². The third-order valence-corrected chi connectivity index (χ3v) is 7.25. The molecular weight excluding hydrogens is 411 g/mol. The van der Waals surface area contributed by atoms with Crippen LogP contribution in [0.2, 0.25) is 0 Å². The van der Waals surface area contributed by atoms with E-state index in [0.29, 0.717) is 31.7 Å². The van der Waals surface area contributed by atoms with Crippen LogP contribution in [0.4, 0.5) is 4.39 Å². The molecule has 0 bridgehead atoms. The largest absolute Gasteiger partial charge is 0.458 e. The summed E-state index contributed by atoms with van der Waals surface area (Å²) in [7, 11) is -3.50. The van der Waals surface area contributed by atoms with Crippen molar-refractivity contribution < 1.29 is 22.3 Å². The summed E-state index contributed by atoms with van der Waals surface area (Å²) in [5.74, 6) is -0.730. The Kier molecular flexibility index (Phi) is 5.96. The molecule has 1 unspecified atom stereocenters. The van der Waals surface area contributed by atoms with Gasteiger partial charge in [0.2, 0.25) is 10.0 Å². The summed E-state index contributed by atoms with van der Waals surface area (Å²) >= 11 is 0. The molecule has 2 aliphatic rings. The minimum absolute atomic E-state index is 0.0761. The molecule has 0 aliphatic carbocycles. The summed E-state index contributed by atoms with van der Waals surface area (Å²) < 4.78 is 45.4. The van der Waals surface area contributed by atoms with E-state index in [4.69, 9.17) is 4.74 Å². The highest BCUT2D eigenvalue weighted by Crippen LogP contribution is 2.22. The first-order chi connectivity index (χ1) is 14.4. The van der Waals surface area contributed by atoms with Gasteiger partial charge in [0.05, 0.1) is 23.8 Å². The van der Waals surface area contributed by atoms with E-state index in [1.165, 1.54) is 16.4 Å². The minimum Gasteiger partial charge on any atom is -0.458 e. The van der Waals surface area contributed by atoms with Gasteiger partial charge in [-0.3, -0.25) is 4.79 Å². The van der Waals surface area contributed by atoms with E-state index in [1.807, 2.05) is 0 Å². The average Bonchev–Trinajstić information content (AvgIpc) is 3.31. The lowest BCUT2D eigenvalue weighted by Crippen LogP contribution is -2.44. The van der Waals surface area contributed by atoms with Gasteiger partial charge in [-0.2, -0.15) is 4.31 Å². The number of hydrogen-bond acceptors (Lipinski definition) is 6. The molecule has 1 aromatic heterocycles. The number of rotatable bonds is 5. The summed E-state index contributed by atoms with van der Waals surface area (Å²) in [6.45, 7) is 2.01. The Balaban J connectivity index is 1.41. The number of carbonyl (C=O) groups excluding carboxylic acids is 1. The zero-order valence-electron chi connectivity index (χ0n) is 16.4. The number of benzene rings is 1. The molecule has 0 saturated carbocycles. The molecule has 2 aromatic rings. The van der Waals surface area contributed by atoms with Crippen molar-refractivity contribution in [2.45, 2.75) is 36.7 Å². The van der Waals surface area contributed by atoms with Crippen LogP contribution in [-0.2, 0) is 10.0 Å². The lowest BCUT2D eigenvalue weighted by molar-refractivity contribution is 0.0515. The topological polar surface area (TPSA) is 92.7 Å². The van der Waals surface area contributed by atoms with Crippen LogP contribution in [0.3, 0.4) is 0 Å². The first-order valence-corrected chi connectivity index (χ1v) is 11.4. The van der Waals surface area contributed by atoms with Gasteiger partial charge < -0.3 is 9.64 Å². The Morgan fingerprint density at radius 3 is 2.37 bits per heavy atom. The van der Waals surface area contributed by atoms with Crippen LogP contribution in [0.1, 0.15) is 36.0 Å². The van der Waals surface area contributed by atoms with Crippen molar-refractivity contribution in [3.05, 3.63) is 48.0 Å². The molecular formula is C20H23FN4O4S. The van der Waals surface area contributed by atoms with Gasteiger partial charge in [-0.15, -0.1) is 0 Å². The van der Waals surface area contributed by atoms with Crippen LogP contribution in [-0.4, -0.2) is 65.8 Å². The third kappa shape index (κ3) is 4.44. The van der Waals surface area contributed by atoms with Crippen molar-refractivity contribution in [2.75, 3.05) is 26.2 Å². The first kappa shape index (κ1) is 20.7. The van der Waals surface area contributed by atoms with Gasteiger partial charge >= 0.3 is 6.01 Å². The van der Waals surface area contributed by atoms with Crippen molar-refractivity contribution in [3.63, 3.8) is 0 Å². The van der Waals surface area contributed by atoms with Crippen LogP contribution < -0.4 is 4.74 Å². The fourth-order valence-corrected chi connectivity index (χ4v) is 5.28. The number of carbonyl (C=O) groups is 1. The maximum absolute atomic E-state index is 12.9. The van der Waals surface area contributed by atoms with Gasteiger partial charge in [0, 0.05) is 25.2 Å². The Morgan fingerprint density at radius 2 is 1.70 bits per heavy atom. The van der Waals surface area contributed by atoms with E-state index in [9.17, 15) is 17.6 Å². The Morgan fingerprint density at radius 1 is 1.03 bits per heavy atom. The zero-order valence-corrected chi connectivity index (χ0v) is 17.2. The minimum atomic E-state index is -3.50. The Labute approximate surface area is 174 Å². The molecule has 160 valence electrons. The summed E-state index contributed by atoms with van der Waals surface area (Å²) in [4.78, 5) is 22.3. The highest BCUT2D eigenvalue weighted by Gasteiger charge is 2.29. The standard InChI is InChI=1S/C20H23FN4O4S/c21-16-12-22-20(23-13-16)29-17-4-3-9-24(14-17)19(26)15-5-7-18(8-6-15)30(27,28)25-10-1-2-11-25/h5-8,12-13,17H,1-4,9-11,14H2. The van der Waals surface area contributed by atoms with Crippen LogP contribution >= 0.6 is 0 Å².